The van der Waals surface area contributed by atoms with Crippen LogP contribution in [0.5, 0.6) is 0 Å². The predicted octanol–water partition coefficient (Wildman–Crippen LogP) is 2.42. The van der Waals surface area contributed by atoms with Gasteiger partial charge in [0, 0.05) is 6.04 Å². The monoisotopic (exact) mass is 263 g/mol. The molecule has 1 amide bonds. The van der Waals surface area contributed by atoms with Crippen molar-refractivity contribution in [1.82, 2.24) is 4.90 Å². The molecule has 1 aromatic rings. The molecule has 4 nitrogen and oxygen atoms in total. The molecule has 0 radical (unpaired) electrons. The Morgan fingerprint density at radius 3 is 2.21 bits per heavy atom. The predicted molar refractivity (Wildman–Crippen MR) is 73.8 cm³/mol. The van der Waals surface area contributed by atoms with Gasteiger partial charge < -0.3 is 10.0 Å². The Morgan fingerprint density at radius 1 is 1.37 bits per heavy atom. The number of nitrogens with zero attached hydrogens (tertiary/aromatic N) is 1. The van der Waals surface area contributed by atoms with Gasteiger partial charge in [-0.3, -0.25) is 4.79 Å². The summed E-state index contributed by atoms with van der Waals surface area (Å²) in [7, 11) is 0. The maximum atomic E-state index is 11.7. The molecule has 0 aliphatic heterocycles. The summed E-state index contributed by atoms with van der Waals surface area (Å²) in [6.07, 6.45) is 1.50. The number of rotatable bonds is 6. The van der Waals surface area contributed by atoms with Crippen LogP contribution in [0, 0.1) is 0 Å². The molecule has 0 fully saturated rings. The van der Waals surface area contributed by atoms with Crippen LogP contribution in [0.3, 0.4) is 0 Å². The van der Waals surface area contributed by atoms with Gasteiger partial charge in [0.1, 0.15) is 0 Å². The van der Waals surface area contributed by atoms with Gasteiger partial charge in [-0.05, 0) is 38.3 Å². The zero-order chi connectivity index (χ0) is 14.6. The minimum absolute atomic E-state index is 0.190. The Kier molecular flexibility index (Phi) is 4.70. The number of amides is 1. The van der Waals surface area contributed by atoms with E-state index in [9.17, 15) is 14.7 Å². The van der Waals surface area contributed by atoms with Gasteiger partial charge >= 0.3 is 5.97 Å². The van der Waals surface area contributed by atoms with Crippen molar-refractivity contribution < 1.29 is 14.7 Å². The highest BCUT2D eigenvalue weighted by Gasteiger charge is 2.42. The Hall–Kier alpha value is -1.84. The van der Waals surface area contributed by atoms with E-state index in [2.05, 4.69) is 0 Å². The van der Waals surface area contributed by atoms with Gasteiger partial charge in [-0.2, -0.15) is 0 Å². The molecule has 1 unspecified atom stereocenters. The van der Waals surface area contributed by atoms with Crippen molar-refractivity contribution in [3.63, 3.8) is 0 Å². The molecular weight excluding hydrogens is 242 g/mol. The molecule has 1 aromatic carbocycles. The van der Waals surface area contributed by atoms with E-state index < -0.39 is 11.5 Å². The van der Waals surface area contributed by atoms with Crippen molar-refractivity contribution in [1.29, 1.82) is 0 Å². The molecule has 0 aromatic heterocycles. The average molecular weight is 263 g/mol. The second-order valence-corrected chi connectivity index (χ2v) is 5.03. The first-order valence-corrected chi connectivity index (χ1v) is 6.44. The van der Waals surface area contributed by atoms with E-state index in [1.165, 1.54) is 4.90 Å². The molecule has 0 aliphatic rings. The summed E-state index contributed by atoms with van der Waals surface area (Å²) in [4.78, 5) is 24.3. The molecule has 104 valence electrons. The maximum absolute atomic E-state index is 11.7. The average Bonchev–Trinajstić information content (AvgIpc) is 2.38. The van der Waals surface area contributed by atoms with Gasteiger partial charge in [-0.25, -0.2) is 4.79 Å². The number of carboxylic acids is 1. The third-order valence-corrected chi connectivity index (χ3v) is 3.53. The quantitative estimate of drug-likeness (QED) is 0.802. The van der Waals surface area contributed by atoms with Gasteiger partial charge in [0.15, 0.2) is 5.54 Å². The smallest absolute Gasteiger partial charge is 0.334 e. The van der Waals surface area contributed by atoms with Gasteiger partial charge in [0.2, 0.25) is 6.41 Å². The Balaban J connectivity index is 3.31. The number of carbonyl (C=O) groups excluding carboxylic acids is 1. The van der Waals surface area contributed by atoms with Crippen LogP contribution in [0.25, 0.3) is 0 Å². The number of benzene rings is 1. The van der Waals surface area contributed by atoms with E-state index >= 15 is 0 Å². The van der Waals surface area contributed by atoms with Crippen molar-refractivity contribution in [2.75, 3.05) is 0 Å². The van der Waals surface area contributed by atoms with Crippen molar-refractivity contribution in [3.8, 4) is 0 Å². The largest absolute Gasteiger partial charge is 0.479 e. The van der Waals surface area contributed by atoms with Crippen LogP contribution in [-0.4, -0.2) is 28.4 Å². The second-order valence-electron chi connectivity index (χ2n) is 5.03. The summed E-state index contributed by atoms with van der Waals surface area (Å²) in [6, 6.07) is 7.18. The molecule has 0 aliphatic carbocycles. The minimum atomic E-state index is -1.35. The van der Waals surface area contributed by atoms with Crippen LogP contribution in [0.4, 0.5) is 0 Å². The minimum Gasteiger partial charge on any atom is -0.479 e. The lowest BCUT2D eigenvalue weighted by Gasteiger charge is -2.38. The zero-order valence-electron chi connectivity index (χ0n) is 11.9. The van der Waals surface area contributed by atoms with E-state index in [4.69, 9.17) is 0 Å². The van der Waals surface area contributed by atoms with Gasteiger partial charge in [-0.15, -0.1) is 0 Å². The summed E-state index contributed by atoms with van der Waals surface area (Å²) in [5.74, 6) is -1.03. The standard InChI is InChI=1S/C15H21NO3/c1-5-12-6-8-13(9-7-12)15(4,14(18)19)16(10-17)11(2)3/h6-11H,5H2,1-4H3,(H,18,19). The Morgan fingerprint density at radius 2 is 1.89 bits per heavy atom. The summed E-state index contributed by atoms with van der Waals surface area (Å²) in [6.45, 7) is 7.20. The molecule has 0 spiro atoms. The lowest BCUT2D eigenvalue weighted by atomic mass is 9.88. The van der Waals surface area contributed by atoms with Crippen LogP contribution in [-0.2, 0) is 21.5 Å². The number of carboxylic acid groups (broad SMARTS) is 1. The molecule has 0 heterocycles. The third kappa shape index (κ3) is 2.78. The van der Waals surface area contributed by atoms with Crippen molar-refractivity contribution in [2.24, 2.45) is 0 Å². The normalized spacial score (nSPS) is 13.9. The topological polar surface area (TPSA) is 57.6 Å². The third-order valence-electron chi connectivity index (χ3n) is 3.53. The number of aliphatic carboxylic acids is 1. The molecule has 4 heteroatoms. The SMILES string of the molecule is CCc1ccc(C(C)(C(=O)O)N(C=O)C(C)C)cc1. The van der Waals surface area contributed by atoms with Crippen LogP contribution in [0.15, 0.2) is 24.3 Å². The van der Waals surface area contributed by atoms with Crippen LogP contribution in [0.1, 0.15) is 38.8 Å². The number of hydrogen-bond donors (Lipinski definition) is 1. The molecule has 1 atom stereocenters. The molecule has 0 saturated carbocycles. The Labute approximate surface area is 114 Å². The lowest BCUT2D eigenvalue weighted by molar-refractivity contribution is -0.156. The van der Waals surface area contributed by atoms with E-state index in [-0.39, 0.29) is 6.04 Å². The molecule has 19 heavy (non-hydrogen) atoms. The molecule has 1 N–H and O–H groups in total. The summed E-state index contributed by atoms with van der Waals surface area (Å²) in [5.41, 5.74) is 0.402. The number of carbonyl (C=O) groups is 2. The van der Waals surface area contributed by atoms with Crippen molar-refractivity contribution >= 4 is 12.4 Å². The fraction of sp³-hybridized carbons (Fsp3) is 0.467. The number of hydrogen-bond acceptors (Lipinski definition) is 2. The highest BCUT2D eigenvalue weighted by molar-refractivity contribution is 5.83. The first kappa shape index (κ1) is 15.2. The number of aryl methyl sites for hydroxylation is 1. The van der Waals surface area contributed by atoms with Crippen LogP contribution in [0.2, 0.25) is 0 Å². The fourth-order valence-electron chi connectivity index (χ4n) is 2.19. The highest BCUT2D eigenvalue weighted by Crippen LogP contribution is 2.29. The first-order valence-electron chi connectivity index (χ1n) is 6.44. The van der Waals surface area contributed by atoms with Crippen molar-refractivity contribution in [3.05, 3.63) is 35.4 Å². The molecule has 0 bridgehead atoms. The van der Waals surface area contributed by atoms with Gasteiger partial charge in [-0.1, -0.05) is 31.2 Å². The van der Waals surface area contributed by atoms with E-state index in [1.807, 2.05) is 19.1 Å². The van der Waals surface area contributed by atoms with Crippen molar-refractivity contribution in [2.45, 2.75) is 45.7 Å². The van der Waals surface area contributed by atoms with E-state index in [0.717, 1.165) is 12.0 Å². The lowest BCUT2D eigenvalue weighted by Crippen LogP contribution is -2.52. The molecule has 0 saturated heterocycles. The first-order chi connectivity index (χ1) is 8.87. The van der Waals surface area contributed by atoms with Gasteiger partial charge in [0.05, 0.1) is 0 Å². The highest BCUT2D eigenvalue weighted by atomic mass is 16.4. The Bertz CT molecular complexity index is 453. The summed E-state index contributed by atoms with van der Waals surface area (Å²) < 4.78 is 0. The summed E-state index contributed by atoms with van der Waals surface area (Å²) >= 11 is 0. The van der Waals surface area contributed by atoms with Gasteiger partial charge in [0.25, 0.3) is 0 Å². The van der Waals surface area contributed by atoms with Crippen LogP contribution < -0.4 is 0 Å². The fourth-order valence-corrected chi connectivity index (χ4v) is 2.19. The van der Waals surface area contributed by atoms with E-state index in [1.54, 1.807) is 32.9 Å². The second kappa shape index (κ2) is 5.87. The summed E-state index contributed by atoms with van der Waals surface area (Å²) in [5, 5.41) is 9.56. The van der Waals surface area contributed by atoms with Crippen LogP contribution >= 0.6 is 0 Å². The molecular formula is C15H21NO3. The molecule has 1 rings (SSSR count). The van der Waals surface area contributed by atoms with E-state index in [0.29, 0.717) is 12.0 Å². The maximum Gasteiger partial charge on any atom is 0.334 e. The zero-order valence-corrected chi connectivity index (χ0v) is 11.9.